The van der Waals surface area contributed by atoms with Crippen molar-refractivity contribution in [1.82, 2.24) is 0 Å². The molecule has 0 bridgehead atoms. The smallest absolute Gasteiger partial charge is 0.166 e. The average Bonchev–Trinajstić information content (AvgIpc) is 2.82. The van der Waals surface area contributed by atoms with Crippen LogP contribution in [0.5, 0.6) is 0 Å². The van der Waals surface area contributed by atoms with E-state index in [4.69, 9.17) is 0 Å². The number of fused-ring (bicyclic) bond motifs is 1. The number of benzene rings is 4. The summed E-state index contributed by atoms with van der Waals surface area (Å²) < 4.78 is 12.6. The zero-order valence-electron chi connectivity index (χ0n) is 17.5. The first-order chi connectivity index (χ1) is 14.7. The normalized spacial score (nSPS) is 11.7. The molecule has 0 unspecified atom stereocenters. The molecule has 0 aromatic heterocycles. The van der Waals surface area contributed by atoms with Gasteiger partial charge in [-0.05, 0) is 65.6 Å². The van der Waals surface area contributed by atoms with E-state index in [1.165, 1.54) is 10.8 Å². The molecule has 0 heterocycles. The van der Waals surface area contributed by atoms with Gasteiger partial charge in [-0.15, -0.1) is 0 Å². The van der Waals surface area contributed by atoms with Crippen molar-refractivity contribution in [2.45, 2.75) is 31.8 Å². The van der Waals surface area contributed by atoms with E-state index < -0.39 is 5.16 Å². The highest BCUT2D eigenvalue weighted by molar-refractivity contribution is 7.25. The van der Waals surface area contributed by atoms with Crippen LogP contribution in [0.25, 0.3) is 10.8 Å². The summed E-state index contributed by atoms with van der Waals surface area (Å²) >= 11 is 0. The van der Waals surface area contributed by atoms with Gasteiger partial charge in [-0.25, -0.2) is 0 Å². The Kier molecular flexibility index (Phi) is 5.97. The van der Waals surface area contributed by atoms with Gasteiger partial charge in [0, 0.05) is 11.4 Å². The second-order valence-electron chi connectivity index (χ2n) is 7.55. The molecule has 0 saturated carbocycles. The number of nitrogens with zero attached hydrogens (tertiary/aromatic N) is 1. The van der Waals surface area contributed by atoms with Gasteiger partial charge in [0.05, 0.1) is 10.8 Å². The third kappa shape index (κ3) is 3.64. The van der Waals surface area contributed by atoms with Crippen molar-refractivity contribution in [3.8, 4) is 0 Å². The number of para-hydroxylation sites is 2. The number of hydrogen-bond donors (Lipinski definition) is 0. The van der Waals surface area contributed by atoms with Crippen LogP contribution in [0.1, 0.15) is 32.3 Å². The van der Waals surface area contributed by atoms with Gasteiger partial charge in [0.1, 0.15) is 0 Å². The first kappa shape index (κ1) is 20.3. The molecule has 150 valence electrons. The van der Waals surface area contributed by atoms with Crippen LogP contribution in [0.4, 0.5) is 17.1 Å². The maximum absolute atomic E-state index is 12.6. The summed E-state index contributed by atoms with van der Waals surface area (Å²) in [4.78, 5) is 2.28. The molecule has 0 atom stereocenters. The second-order valence-corrected chi connectivity index (χ2v) is 8.59. The Labute approximate surface area is 180 Å². The van der Waals surface area contributed by atoms with Crippen molar-refractivity contribution < 1.29 is 4.57 Å². The zero-order chi connectivity index (χ0) is 21.0. The van der Waals surface area contributed by atoms with Crippen LogP contribution >= 0.6 is 8.46 Å². The molecule has 0 aliphatic rings. The van der Waals surface area contributed by atoms with Gasteiger partial charge in [-0.1, -0.05) is 74.5 Å². The number of anilines is 3. The summed E-state index contributed by atoms with van der Waals surface area (Å²) in [5.74, 6) is 0. The number of hydrogen-bond acceptors (Lipinski definition) is 2. The van der Waals surface area contributed by atoms with Gasteiger partial charge < -0.3 is 4.90 Å². The SMILES string of the molecule is CCC(CC)(P=O)c1cc2ccccc2cc1N(c1ccccc1)c1ccccc1. The topological polar surface area (TPSA) is 20.3 Å². The summed E-state index contributed by atoms with van der Waals surface area (Å²) in [7, 11) is 0.160. The molecule has 4 aromatic carbocycles. The molecule has 0 fully saturated rings. The minimum atomic E-state index is -0.429. The van der Waals surface area contributed by atoms with Gasteiger partial charge >= 0.3 is 0 Å². The van der Waals surface area contributed by atoms with Crippen molar-refractivity contribution in [2.24, 2.45) is 0 Å². The first-order valence-electron chi connectivity index (χ1n) is 10.5. The Morgan fingerprint density at radius 2 is 1.17 bits per heavy atom. The maximum Gasteiger partial charge on any atom is 0.166 e. The Bertz CT molecular complexity index is 1100. The van der Waals surface area contributed by atoms with E-state index in [2.05, 4.69) is 104 Å². The minimum Gasteiger partial charge on any atom is -0.310 e. The predicted molar refractivity (Wildman–Crippen MR) is 128 cm³/mol. The molecule has 0 N–H and O–H groups in total. The fourth-order valence-electron chi connectivity index (χ4n) is 4.18. The van der Waals surface area contributed by atoms with Crippen molar-refractivity contribution >= 4 is 36.3 Å². The summed E-state index contributed by atoms with van der Waals surface area (Å²) in [6, 6.07) is 33.7. The van der Waals surface area contributed by atoms with Crippen LogP contribution in [0.15, 0.2) is 97.1 Å². The van der Waals surface area contributed by atoms with Gasteiger partial charge in [-0.2, -0.15) is 0 Å². The van der Waals surface area contributed by atoms with Crippen molar-refractivity contribution in [3.63, 3.8) is 0 Å². The molecule has 30 heavy (non-hydrogen) atoms. The van der Waals surface area contributed by atoms with Gasteiger partial charge in [0.25, 0.3) is 0 Å². The molecule has 0 amide bonds. The molecular weight excluding hydrogens is 385 g/mol. The summed E-state index contributed by atoms with van der Waals surface area (Å²) in [5, 5.41) is 1.92. The fraction of sp³-hybridized carbons (Fsp3) is 0.185. The van der Waals surface area contributed by atoms with Crippen LogP contribution in [0.3, 0.4) is 0 Å². The van der Waals surface area contributed by atoms with E-state index in [0.717, 1.165) is 35.5 Å². The molecular formula is C27H26NOP. The Balaban J connectivity index is 2.07. The van der Waals surface area contributed by atoms with Crippen LogP contribution in [0, 0.1) is 0 Å². The zero-order valence-corrected chi connectivity index (χ0v) is 18.3. The fourth-order valence-corrected chi connectivity index (χ4v) is 4.71. The van der Waals surface area contributed by atoms with Crippen molar-refractivity contribution in [2.75, 3.05) is 4.90 Å². The van der Waals surface area contributed by atoms with Crippen LogP contribution in [0.2, 0.25) is 0 Å². The quantitative estimate of drug-likeness (QED) is 0.284. The maximum atomic E-state index is 12.6. The minimum absolute atomic E-state index is 0.160. The van der Waals surface area contributed by atoms with E-state index in [1.807, 2.05) is 12.1 Å². The lowest BCUT2D eigenvalue weighted by Crippen LogP contribution is -2.22. The molecule has 0 aliphatic carbocycles. The molecule has 0 spiro atoms. The van der Waals surface area contributed by atoms with Crippen molar-refractivity contribution in [3.05, 3.63) is 103 Å². The van der Waals surface area contributed by atoms with E-state index in [1.54, 1.807) is 0 Å². The lowest BCUT2D eigenvalue weighted by Gasteiger charge is -2.34. The van der Waals surface area contributed by atoms with E-state index >= 15 is 0 Å². The first-order valence-corrected chi connectivity index (χ1v) is 11.3. The second kappa shape index (κ2) is 8.81. The Hall–Kier alpha value is -2.96. The Morgan fingerprint density at radius 1 is 0.700 bits per heavy atom. The lowest BCUT2D eigenvalue weighted by molar-refractivity contribution is 0.522. The highest BCUT2D eigenvalue weighted by Crippen LogP contribution is 2.49. The van der Waals surface area contributed by atoms with E-state index in [-0.39, 0.29) is 8.46 Å². The molecule has 0 aliphatic heterocycles. The summed E-state index contributed by atoms with van der Waals surface area (Å²) in [6.07, 6.45) is 1.61. The van der Waals surface area contributed by atoms with E-state index in [0.29, 0.717) is 0 Å². The molecule has 3 heteroatoms. The highest BCUT2D eigenvalue weighted by Gasteiger charge is 2.34. The molecule has 0 radical (unpaired) electrons. The van der Waals surface area contributed by atoms with Gasteiger partial charge in [0.15, 0.2) is 8.46 Å². The summed E-state index contributed by atoms with van der Waals surface area (Å²) in [6.45, 7) is 4.26. The molecule has 0 saturated heterocycles. The largest absolute Gasteiger partial charge is 0.310 e. The summed E-state index contributed by atoms with van der Waals surface area (Å²) in [5.41, 5.74) is 4.38. The average molecular weight is 411 g/mol. The lowest BCUT2D eigenvalue weighted by atomic mass is 9.88. The third-order valence-electron chi connectivity index (χ3n) is 5.98. The highest BCUT2D eigenvalue weighted by atomic mass is 31.1. The van der Waals surface area contributed by atoms with Crippen LogP contribution < -0.4 is 4.90 Å². The van der Waals surface area contributed by atoms with Crippen molar-refractivity contribution in [1.29, 1.82) is 0 Å². The number of rotatable bonds is 7. The third-order valence-corrected chi connectivity index (χ3v) is 7.20. The monoisotopic (exact) mass is 411 g/mol. The van der Waals surface area contributed by atoms with Gasteiger partial charge in [-0.3, -0.25) is 4.57 Å². The Morgan fingerprint density at radius 3 is 1.63 bits per heavy atom. The molecule has 4 rings (SSSR count). The van der Waals surface area contributed by atoms with E-state index in [9.17, 15) is 4.57 Å². The molecule has 2 nitrogen and oxygen atoms in total. The van der Waals surface area contributed by atoms with Crippen LogP contribution in [-0.2, 0) is 9.72 Å². The molecule has 4 aromatic rings. The van der Waals surface area contributed by atoms with Gasteiger partial charge in [0.2, 0.25) is 0 Å². The van der Waals surface area contributed by atoms with Crippen LogP contribution in [-0.4, -0.2) is 0 Å². The standard InChI is InChI=1S/C27H26NOP/c1-3-27(4-2,30-29)25-19-21-13-11-12-14-22(21)20-26(25)28(23-15-7-5-8-16-23)24-17-9-6-10-18-24/h5-20H,3-4H2,1-2H3. The predicted octanol–water partition coefficient (Wildman–Crippen LogP) is 8.62.